The summed E-state index contributed by atoms with van der Waals surface area (Å²) in [7, 11) is 0. The number of aliphatic hydroxyl groups is 2. The van der Waals surface area contributed by atoms with Crippen molar-refractivity contribution in [2.45, 2.75) is 19.1 Å². The van der Waals surface area contributed by atoms with Gasteiger partial charge in [-0.3, -0.25) is 0 Å². The fraction of sp³-hybridized carbons (Fsp3) is 1.00. The van der Waals surface area contributed by atoms with Crippen molar-refractivity contribution in [3.05, 3.63) is 0 Å². The molecule has 1 aliphatic rings. The van der Waals surface area contributed by atoms with Gasteiger partial charge in [0.2, 0.25) is 0 Å². The molecule has 1 saturated heterocycles. The molecular weight excluding hydrogens is 205 g/mol. The lowest BCUT2D eigenvalue weighted by Crippen LogP contribution is -2.64. The molecule has 0 amide bonds. The summed E-state index contributed by atoms with van der Waals surface area (Å²) in [5, 5.41) is 18.1. The summed E-state index contributed by atoms with van der Waals surface area (Å²) in [6, 6.07) is 0. The topological polar surface area (TPSA) is 58.9 Å². The first kappa shape index (κ1) is 11.7. The first-order chi connectivity index (χ1) is 6.16. The highest BCUT2D eigenvalue weighted by Crippen LogP contribution is 2.40. The van der Waals surface area contributed by atoms with Crippen LogP contribution in [0.25, 0.3) is 0 Å². The Labute approximate surface area is 78.2 Å². The summed E-state index contributed by atoms with van der Waals surface area (Å²) in [6.07, 6.45) is -4.41. The van der Waals surface area contributed by atoms with Gasteiger partial charge in [-0.15, -0.1) is 0 Å². The van der Waals surface area contributed by atoms with Crippen molar-refractivity contribution in [3.63, 3.8) is 0 Å². The molecule has 2 N–H and O–H groups in total. The van der Waals surface area contributed by atoms with E-state index in [0.717, 1.165) is 0 Å². The highest BCUT2D eigenvalue weighted by atomic mass is 19.4. The van der Waals surface area contributed by atoms with Crippen LogP contribution in [0.5, 0.6) is 0 Å². The zero-order valence-corrected chi connectivity index (χ0v) is 7.47. The van der Waals surface area contributed by atoms with Crippen LogP contribution in [0.1, 0.15) is 6.92 Å². The molecule has 0 aromatic rings. The molecule has 0 radical (unpaired) electrons. The third-order valence-corrected chi connectivity index (χ3v) is 2.06. The molecule has 1 atom stereocenters. The summed E-state index contributed by atoms with van der Waals surface area (Å²) in [4.78, 5) is 0. The van der Waals surface area contributed by atoms with Gasteiger partial charge >= 0.3 is 6.18 Å². The standard InChI is InChI=1S/C7H11F3O4/c1-5(3-14-7(5,11)12)2-13-4-6(8,9)10/h11-12H,2-4H2,1H3. The fourth-order valence-corrected chi connectivity index (χ4v) is 0.975. The van der Waals surface area contributed by atoms with Crippen LogP contribution in [0.2, 0.25) is 0 Å². The largest absolute Gasteiger partial charge is 0.411 e. The molecule has 14 heavy (non-hydrogen) atoms. The van der Waals surface area contributed by atoms with Crippen molar-refractivity contribution in [2.24, 2.45) is 5.41 Å². The van der Waals surface area contributed by atoms with E-state index in [4.69, 9.17) is 10.2 Å². The average molecular weight is 216 g/mol. The molecule has 0 spiro atoms. The minimum atomic E-state index is -4.41. The molecule has 1 unspecified atom stereocenters. The molecule has 0 saturated carbocycles. The Kier molecular flexibility index (Phi) is 2.79. The molecule has 0 aromatic carbocycles. The molecular formula is C7H11F3O4. The third kappa shape index (κ3) is 2.35. The first-order valence-electron chi connectivity index (χ1n) is 3.89. The van der Waals surface area contributed by atoms with Gasteiger partial charge in [0, 0.05) is 0 Å². The normalized spacial score (nSPS) is 31.3. The van der Waals surface area contributed by atoms with Crippen molar-refractivity contribution >= 4 is 0 Å². The number of halogens is 3. The quantitative estimate of drug-likeness (QED) is 0.663. The number of ether oxygens (including phenoxy) is 2. The van der Waals surface area contributed by atoms with Crippen molar-refractivity contribution in [2.75, 3.05) is 19.8 Å². The lowest BCUT2D eigenvalue weighted by Gasteiger charge is -2.48. The maximum Gasteiger partial charge on any atom is 0.411 e. The number of hydrogen-bond donors (Lipinski definition) is 2. The number of alkyl halides is 3. The second kappa shape index (κ2) is 3.34. The van der Waals surface area contributed by atoms with Crippen molar-refractivity contribution < 1.29 is 32.9 Å². The Morgan fingerprint density at radius 2 is 2.00 bits per heavy atom. The van der Waals surface area contributed by atoms with Gasteiger partial charge in [-0.1, -0.05) is 0 Å². The monoisotopic (exact) mass is 216 g/mol. The molecule has 0 aromatic heterocycles. The van der Waals surface area contributed by atoms with Crippen molar-refractivity contribution in [1.29, 1.82) is 0 Å². The zero-order chi connectivity index (χ0) is 11.0. The molecule has 84 valence electrons. The second-order valence-electron chi connectivity index (χ2n) is 3.57. The van der Waals surface area contributed by atoms with Crippen LogP contribution in [0.3, 0.4) is 0 Å². The Bertz CT molecular complexity index is 215. The fourth-order valence-electron chi connectivity index (χ4n) is 0.975. The van der Waals surface area contributed by atoms with Crippen LogP contribution >= 0.6 is 0 Å². The van der Waals surface area contributed by atoms with E-state index < -0.39 is 30.8 Å². The van der Waals surface area contributed by atoms with Gasteiger partial charge in [-0.05, 0) is 6.92 Å². The van der Waals surface area contributed by atoms with E-state index in [2.05, 4.69) is 9.47 Å². The Morgan fingerprint density at radius 3 is 2.29 bits per heavy atom. The van der Waals surface area contributed by atoms with E-state index >= 15 is 0 Å². The molecule has 0 aliphatic carbocycles. The van der Waals surface area contributed by atoms with Gasteiger partial charge in [-0.2, -0.15) is 13.2 Å². The lowest BCUT2D eigenvalue weighted by atomic mass is 9.85. The maximum absolute atomic E-state index is 11.7. The highest BCUT2D eigenvalue weighted by molar-refractivity contribution is 4.89. The van der Waals surface area contributed by atoms with Gasteiger partial charge in [0.15, 0.2) is 0 Å². The van der Waals surface area contributed by atoms with Crippen LogP contribution < -0.4 is 0 Å². The molecule has 7 heteroatoms. The van der Waals surface area contributed by atoms with Crippen molar-refractivity contribution in [3.8, 4) is 0 Å². The average Bonchev–Trinajstić information content (AvgIpc) is 2.00. The van der Waals surface area contributed by atoms with Gasteiger partial charge in [0.1, 0.15) is 6.61 Å². The van der Waals surface area contributed by atoms with E-state index in [1.807, 2.05) is 0 Å². The summed E-state index contributed by atoms with van der Waals surface area (Å²) in [5.41, 5.74) is -1.20. The van der Waals surface area contributed by atoms with Crippen molar-refractivity contribution in [1.82, 2.24) is 0 Å². The van der Waals surface area contributed by atoms with E-state index in [-0.39, 0.29) is 6.61 Å². The molecule has 1 rings (SSSR count). The van der Waals surface area contributed by atoms with Gasteiger partial charge < -0.3 is 19.7 Å². The second-order valence-corrected chi connectivity index (χ2v) is 3.57. The van der Waals surface area contributed by atoms with Gasteiger partial charge in [-0.25, -0.2) is 0 Å². The van der Waals surface area contributed by atoms with E-state index in [1.54, 1.807) is 0 Å². The van der Waals surface area contributed by atoms with E-state index in [0.29, 0.717) is 0 Å². The molecule has 1 fully saturated rings. The smallest absolute Gasteiger partial charge is 0.371 e. The summed E-state index contributed by atoms with van der Waals surface area (Å²) < 4.78 is 43.7. The Hall–Kier alpha value is -0.370. The number of hydrogen-bond acceptors (Lipinski definition) is 4. The van der Waals surface area contributed by atoms with Gasteiger partial charge in [0.05, 0.1) is 18.6 Å². The Morgan fingerprint density at radius 1 is 1.43 bits per heavy atom. The summed E-state index contributed by atoms with van der Waals surface area (Å²) >= 11 is 0. The Balaban J connectivity index is 2.32. The van der Waals surface area contributed by atoms with Crippen LogP contribution in [0.4, 0.5) is 13.2 Å². The van der Waals surface area contributed by atoms with Crippen LogP contribution in [-0.2, 0) is 9.47 Å². The summed E-state index contributed by atoms with van der Waals surface area (Å²) in [6.45, 7) is -0.497. The van der Waals surface area contributed by atoms with Gasteiger partial charge in [0.25, 0.3) is 5.97 Å². The number of rotatable bonds is 3. The van der Waals surface area contributed by atoms with E-state index in [9.17, 15) is 13.2 Å². The first-order valence-corrected chi connectivity index (χ1v) is 3.89. The van der Waals surface area contributed by atoms with Crippen LogP contribution in [0, 0.1) is 5.41 Å². The predicted octanol–water partition coefficient (Wildman–Crippen LogP) is 0.240. The summed E-state index contributed by atoms with van der Waals surface area (Å²) in [5.74, 6) is -2.39. The third-order valence-electron chi connectivity index (χ3n) is 2.06. The SMILES string of the molecule is CC1(COCC(F)(F)F)COC1(O)O. The van der Waals surface area contributed by atoms with Crippen LogP contribution in [-0.4, -0.2) is 42.2 Å². The highest BCUT2D eigenvalue weighted by Gasteiger charge is 2.57. The molecule has 1 aliphatic heterocycles. The molecule has 0 bridgehead atoms. The molecule has 4 nitrogen and oxygen atoms in total. The predicted molar refractivity (Wildman–Crippen MR) is 38.1 cm³/mol. The minimum Gasteiger partial charge on any atom is -0.371 e. The minimum absolute atomic E-state index is 0.0438. The maximum atomic E-state index is 11.7. The lowest BCUT2D eigenvalue weighted by molar-refractivity contribution is -0.478. The zero-order valence-electron chi connectivity index (χ0n) is 7.47. The van der Waals surface area contributed by atoms with Crippen LogP contribution in [0.15, 0.2) is 0 Å². The van der Waals surface area contributed by atoms with E-state index in [1.165, 1.54) is 6.92 Å². The molecule has 1 heterocycles.